The van der Waals surface area contributed by atoms with Crippen molar-refractivity contribution in [1.29, 1.82) is 0 Å². The lowest BCUT2D eigenvalue weighted by Gasteiger charge is -2.12. The Balaban J connectivity index is 0.00000320. The molecule has 0 unspecified atom stereocenters. The molecule has 0 bridgehead atoms. The Hall–Kier alpha value is -2.40. The maximum atomic E-state index is 5.81. The molecule has 0 amide bonds. The molecule has 0 radical (unpaired) electrons. The maximum Gasteiger partial charge on any atom is 0.191 e. The van der Waals surface area contributed by atoms with Crippen molar-refractivity contribution in [3.63, 3.8) is 0 Å². The van der Waals surface area contributed by atoms with E-state index in [2.05, 4.69) is 36.8 Å². The van der Waals surface area contributed by atoms with Crippen molar-refractivity contribution in [2.45, 2.75) is 20.0 Å². The van der Waals surface area contributed by atoms with Gasteiger partial charge in [0.1, 0.15) is 12.4 Å². The summed E-state index contributed by atoms with van der Waals surface area (Å²) in [5, 5.41) is 15.0. The third kappa shape index (κ3) is 7.13. The van der Waals surface area contributed by atoms with Gasteiger partial charge in [-0.15, -0.1) is 34.2 Å². The van der Waals surface area contributed by atoms with E-state index in [1.54, 1.807) is 0 Å². The standard InChI is InChI=1S/C21H29N7O.HI/c1-4-22-21(24-16-20-26-25-19-10-5-6-11-28(19)20)23-15-17-8-7-9-18(14-17)29-13-12-27(2)3;/h5-11,14H,4,12-13,15-16H2,1-3H3,(H2,22,23,24);1H. The summed E-state index contributed by atoms with van der Waals surface area (Å²) in [6, 6.07) is 13.9. The van der Waals surface area contributed by atoms with Crippen molar-refractivity contribution in [2.24, 2.45) is 4.99 Å². The van der Waals surface area contributed by atoms with Crippen LogP contribution in [0.25, 0.3) is 5.65 Å². The molecule has 3 rings (SSSR count). The van der Waals surface area contributed by atoms with Gasteiger partial charge < -0.3 is 20.3 Å². The van der Waals surface area contributed by atoms with E-state index < -0.39 is 0 Å². The van der Waals surface area contributed by atoms with Crippen molar-refractivity contribution in [1.82, 2.24) is 30.1 Å². The second-order valence-corrected chi connectivity index (χ2v) is 6.89. The number of likely N-dealkylation sites (N-methyl/N-ethyl adjacent to an activating group) is 1. The Bertz CT molecular complexity index is 942. The molecule has 0 spiro atoms. The molecule has 9 heteroatoms. The molecule has 2 aromatic heterocycles. The Morgan fingerprint density at radius 2 is 2.00 bits per heavy atom. The number of nitrogens with zero attached hydrogens (tertiary/aromatic N) is 5. The van der Waals surface area contributed by atoms with Crippen LogP contribution in [-0.2, 0) is 13.1 Å². The predicted molar refractivity (Wildman–Crippen MR) is 131 cm³/mol. The summed E-state index contributed by atoms with van der Waals surface area (Å²) in [5.74, 6) is 2.44. The van der Waals surface area contributed by atoms with Crippen LogP contribution in [0.2, 0.25) is 0 Å². The largest absolute Gasteiger partial charge is 0.492 e. The molecule has 3 aromatic rings. The van der Waals surface area contributed by atoms with E-state index in [4.69, 9.17) is 4.74 Å². The van der Waals surface area contributed by atoms with E-state index in [9.17, 15) is 0 Å². The summed E-state index contributed by atoms with van der Waals surface area (Å²) < 4.78 is 7.77. The lowest BCUT2D eigenvalue weighted by Crippen LogP contribution is -2.37. The van der Waals surface area contributed by atoms with Gasteiger partial charge in [0.2, 0.25) is 0 Å². The fourth-order valence-electron chi connectivity index (χ4n) is 2.77. The highest BCUT2D eigenvalue weighted by atomic mass is 127. The molecule has 30 heavy (non-hydrogen) atoms. The van der Waals surface area contributed by atoms with Gasteiger partial charge >= 0.3 is 0 Å². The van der Waals surface area contributed by atoms with Gasteiger partial charge in [0, 0.05) is 19.3 Å². The first-order valence-electron chi connectivity index (χ1n) is 9.83. The highest BCUT2D eigenvalue weighted by Gasteiger charge is 2.06. The van der Waals surface area contributed by atoms with Gasteiger partial charge in [-0.2, -0.15) is 0 Å². The summed E-state index contributed by atoms with van der Waals surface area (Å²) in [7, 11) is 4.07. The van der Waals surface area contributed by atoms with Crippen LogP contribution in [0.3, 0.4) is 0 Å². The number of rotatable bonds is 9. The minimum absolute atomic E-state index is 0. The van der Waals surface area contributed by atoms with Crippen LogP contribution >= 0.6 is 24.0 Å². The minimum Gasteiger partial charge on any atom is -0.492 e. The monoisotopic (exact) mass is 523 g/mol. The second kappa shape index (κ2) is 12.3. The molecule has 2 N–H and O–H groups in total. The Morgan fingerprint density at radius 3 is 2.80 bits per heavy atom. The molecule has 0 aliphatic carbocycles. The number of guanidine groups is 1. The van der Waals surface area contributed by atoms with Crippen LogP contribution in [0.4, 0.5) is 0 Å². The Kier molecular flexibility index (Phi) is 9.81. The zero-order valence-electron chi connectivity index (χ0n) is 17.7. The molecule has 1 aromatic carbocycles. The number of hydrogen-bond donors (Lipinski definition) is 2. The second-order valence-electron chi connectivity index (χ2n) is 6.89. The first-order valence-corrected chi connectivity index (χ1v) is 9.83. The molecule has 0 atom stereocenters. The van der Waals surface area contributed by atoms with Crippen LogP contribution in [0.1, 0.15) is 18.3 Å². The van der Waals surface area contributed by atoms with E-state index in [-0.39, 0.29) is 24.0 Å². The van der Waals surface area contributed by atoms with Crippen molar-refractivity contribution >= 4 is 35.6 Å². The summed E-state index contributed by atoms with van der Waals surface area (Å²) in [6.07, 6.45) is 1.96. The number of ether oxygens (including phenoxy) is 1. The molecule has 0 aliphatic rings. The van der Waals surface area contributed by atoms with E-state index in [1.165, 1.54) is 0 Å². The quantitative estimate of drug-likeness (QED) is 0.255. The minimum atomic E-state index is 0. The van der Waals surface area contributed by atoms with Crippen LogP contribution in [0.15, 0.2) is 53.7 Å². The van der Waals surface area contributed by atoms with Gasteiger partial charge in [-0.3, -0.25) is 4.40 Å². The van der Waals surface area contributed by atoms with Crippen LogP contribution in [-0.4, -0.2) is 59.2 Å². The molecule has 2 heterocycles. The summed E-state index contributed by atoms with van der Waals surface area (Å²) >= 11 is 0. The van der Waals surface area contributed by atoms with Crippen LogP contribution in [0, 0.1) is 0 Å². The average molecular weight is 523 g/mol. The van der Waals surface area contributed by atoms with Gasteiger partial charge in [0.15, 0.2) is 17.4 Å². The number of hydrogen-bond acceptors (Lipinski definition) is 5. The molecule has 0 saturated heterocycles. The van der Waals surface area contributed by atoms with Gasteiger partial charge in [0.05, 0.1) is 13.1 Å². The number of pyridine rings is 1. The van der Waals surface area contributed by atoms with Crippen molar-refractivity contribution in [3.05, 3.63) is 60.0 Å². The third-order valence-corrected chi connectivity index (χ3v) is 4.27. The average Bonchev–Trinajstić information content (AvgIpc) is 3.13. The number of benzene rings is 1. The predicted octanol–water partition coefficient (Wildman–Crippen LogP) is 2.54. The number of fused-ring (bicyclic) bond motifs is 1. The molecular weight excluding hydrogens is 493 g/mol. The van der Waals surface area contributed by atoms with Gasteiger partial charge in [-0.05, 0) is 50.8 Å². The van der Waals surface area contributed by atoms with Gasteiger partial charge in [-0.1, -0.05) is 18.2 Å². The number of halogens is 1. The van der Waals surface area contributed by atoms with E-state index >= 15 is 0 Å². The van der Waals surface area contributed by atoms with E-state index in [1.807, 2.05) is 68.0 Å². The highest BCUT2D eigenvalue weighted by molar-refractivity contribution is 14.0. The molecule has 8 nitrogen and oxygen atoms in total. The number of aliphatic imine (C=N–C) groups is 1. The van der Waals surface area contributed by atoms with Crippen molar-refractivity contribution < 1.29 is 4.74 Å². The topological polar surface area (TPSA) is 79.1 Å². The summed E-state index contributed by atoms with van der Waals surface area (Å²) in [4.78, 5) is 6.78. The third-order valence-electron chi connectivity index (χ3n) is 4.27. The highest BCUT2D eigenvalue weighted by Crippen LogP contribution is 2.14. The van der Waals surface area contributed by atoms with Crippen LogP contribution in [0.5, 0.6) is 5.75 Å². The smallest absolute Gasteiger partial charge is 0.191 e. The first kappa shape index (κ1) is 23.9. The lowest BCUT2D eigenvalue weighted by molar-refractivity contribution is 0.261. The zero-order valence-corrected chi connectivity index (χ0v) is 20.0. The number of nitrogens with one attached hydrogen (secondary N) is 2. The van der Waals surface area contributed by atoms with Crippen LogP contribution < -0.4 is 15.4 Å². The molecule has 0 aliphatic heterocycles. The lowest BCUT2D eigenvalue weighted by atomic mass is 10.2. The molecule has 162 valence electrons. The molecule has 0 fully saturated rings. The Morgan fingerprint density at radius 1 is 1.13 bits per heavy atom. The summed E-state index contributed by atoms with van der Waals surface area (Å²) in [6.45, 7) is 5.46. The zero-order chi connectivity index (χ0) is 20.5. The first-order chi connectivity index (χ1) is 14.2. The summed E-state index contributed by atoms with van der Waals surface area (Å²) in [5.41, 5.74) is 1.93. The maximum absolute atomic E-state index is 5.81. The molecule has 0 saturated carbocycles. The normalized spacial score (nSPS) is 11.4. The van der Waals surface area contributed by atoms with Crippen molar-refractivity contribution in [2.75, 3.05) is 33.8 Å². The Labute approximate surface area is 194 Å². The van der Waals surface area contributed by atoms with Gasteiger partial charge in [0.25, 0.3) is 0 Å². The fraction of sp³-hybridized carbons (Fsp3) is 0.381. The number of aromatic nitrogens is 3. The van der Waals surface area contributed by atoms with E-state index in [0.717, 1.165) is 41.8 Å². The van der Waals surface area contributed by atoms with E-state index in [0.29, 0.717) is 19.7 Å². The molecular formula is C21H30IN7O. The fourth-order valence-corrected chi connectivity index (χ4v) is 2.77. The van der Waals surface area contributed by atoms with Gasteiger partial charge in [-0.25, -0.2) is 4.99 Å². The van der Waals surface area contributed by atoms with Crippen molar-refractivity contribution in [3.8, 4) is 5.75 Å². The SMILES string of the molecule is CCNC(=NCc1cccc(OCCN(C)C)c1)NCc1nnc2ccccn12.I.